The van der Waals surface area contributed by atoms with Gasteiger partial charge in [-0.15, -0.1) is 0 Å². The third-order valence-corrected chi connectivity index (χ3v) is 7.36. The van der Waals surface area contributed by atoms with Crippen molar-refractivity contribution in [1.29, 1.82) is 0 Å². The smallest absolute Gasteiger partial charge is 0.228 e. The van der Waals surface area contributed by atoms with E-state index in [0.717, 1.165) is 31.7 Å². The summed E-state index contributed by atoms with van der Waals surface area (Å²) in [6.45, 7) is 5.40. The van der Waals surface area contributed by atoms with Crippen LogP contribution in [0, 0.1) is 5.82 Å². The van der Waals surface area contributed by atoms with Crippen molar-refractivity contribution in [3.8, 4) is 0 Å². The van der Waals surface area contributed by atoms with E-state index in [4.69, 9.17) is 4.74 Å². The molecule has 1 aliphatic rings. The molecule has 1 saturated heterocycles. The number of benzene rings is 1. The van der Waals surface area contributed by atoms with Gasteiger partial charge in [-0.2, -0.15) is 0 Å². The van der Waals surface area contributed by atoms with Gasteiger partial charge in [-0.3, -0.25) is 4.90 Å². The van der Waals surface area contributed by atoms with Gasteiger partial charge in [-0.1, -0.05) is 18.2 Å². The van der Waals surface area contributed by atoms with Gasteiger partial charge in [0.05, 0.1) is 23.7 Å². The van der Waals surface area contributed by atoms with Crippen LogP contribution in [0.3, 0.4) is 0 Å². The molecule has 3 rings (SSSR count). The highest BCUT2D eigenvalue weighted by Gasteiger charge is 2.28. The van der Waals surface area contributed by atoms with Crippen molar-refractivity contribution in [2.45, 2.75) is 56.2 Å². The second kappa shape index (κ2) is 8.71. The number of hydrogen-bond acceptors (Lipinski definition) is 5. The molecule has 0 atom stereocenters. The highest BCUT2D eigenvalue weighted by Crippen LogP contribution is 2.22. The van der Waals surface area contributed by atoms with Gasteiger partial charge < -0.3 is 9.30 Å². The average molecular weight is 410 g/mol. The van der Waals surface area contributed by atoms with Crippen molar-refractivity contribution in [2.75, 3.05) is 20.3 Å². The van der Waals surface area contributed by atoms with Gasteiger partial charge >= 0.3 is 0 Å². The van der Waals surface area contributed by atoms with Crippen LogP contribution in [-0.4, -0.2) is 54.4 Å². The summed E-state index contributed by atoms with van der Waals surface area (Å²) in [5, 5.41) is -0.600. The van der Waals surface area contributed by atoms with Crippen molar-refractivity contribution in [3.05, 3.63) is 47.5 Å². The van der Waals surface area contributed by atoms with Gasteiger partial charge in [-0.05, 0) is 39.8 Å². The molecular formula is C20H28FN3O3S. The zero-order valence-electron chi connectivity index (χ0n) is 16.6. The number of rotatable bonds is 7. The lowest BCUT2D eigenvalue weighted by molar-refractivity contribution is 0.0400. The van der Waals surface area contributed by atoms with Crippen molar-refractivity contribution in [1.82, 2.24) is 14.5 Å². The fourth-order valence-corrected chi connectivity index (χ4v) is 4.54. The van der Waals surface area contributed by atoms with Crippen LogP contribution < -0.4 is 0 Å². The maximum atomic E-state index is 14.2. The number of imidazole rings is 1. The number of ether oxygens (including phenoxy) is 1. The predicted octanol–water partition coefficient (Wildman–Crippen LogP) is 2.86. The highest BCUT2D eigenvalue weighted by atomic mass is 32.2. The molecular weight excluding hydrogens is 381 g/mol. The second-order valence-electron chi connectivity index (χ2n) is 7.56. The molecule has 0 bridgehead atoms. The van der Waals surface area contributed by atoms with E-state index in [0.29, 0.717) is 18.2 Å². The molecule has 1 aromatic carbocycles. The van der Waals surface area contributed by atoms with Crippen LogP contribution in [0.1, 0.15) is 37.9 Å². The first-order valence-electron chi connectivity index (χ1n) is 9.60. The van der Waals surface area contributed by atoms with Crippen LogP contribution in [0.2, 0.25) is 0 Å². The number of halogens is 1. The van der Waals surface area contributed by atoms with Gasteiger partial charge in [0.15, 0.2) is 0 Å². The van der Waals surface area contributed by atoms with Crippen LogP contribution in [-0.2, 0) is 27.7 Å². The normalized spacial score (nSPS) is 16.2. The molecule has 2 aromatic rings. The molecule has 6 nitrogen and oxygen atoms in total. The maximum absolute atomic E-state index is 14.2. The van der Waals surface area contributed by atoms with E-state index in [1.165, 1.54) is 6.07 Å². The molecule has 1 aromatic heterocycles. The van der Waals surface area contributed by atoms with Gasteiger partial charge in [0.1, 0.15) is 5.82 Å². The lowest BCUT2D eigenvalue weighted by Crippen LogP contribution is -2.36. The highest BCUT2D eigenvalue weighted by molar-refractivity contribution is 7.91. The average Bonchev–Trinajstić information content (AvgIpc) is 3.07. The molecule has 0 N–H and O–H groups in total. The summed E-state index contributed by atoms with van der Waals surface area (Å²) < 4.78 is 47.0. The van der Waals surface area contributed by atoms with Crippen LogP contribution in [0.5, 0.6) is 0 Å². The minimum absolute atomic E-state index is 0.00105. The topological polar surface area (TPSA) is 64.4 Å². The summed E-state index contributed by atoms with van der Waals surface area (Å²) in [5.74, 6) is -0.354. The van der Waals surface area contributed by atoms with Crippen LogP contribution in [0.4, 0.5) is 4.39 Å². The Kier molecular flexibility index (Phi) is 6.52. The lowest BCUT2D eigenvalue weighted by atomic mass is 10.1. The second-order valence-corrected chi connectivity index (χ2v) is 9.96. The molecule has 0 aliphatic carbocycles. The molecule has 154 valence electrons. The van der Waals surface area contributed by atoms with E-state index in [9.17, 15) is 12.8 Å². The Morgan fingerprint density at radius 1 is 1.29 bits per heavy atom. The molecule has 8 heteroatoms. The first kappa shape index (κ1) is 21.0. The third kappa shape index (κ3) is 4.45. The molecule has 1 aliphatic heterocycles. The van der Waals surface area contributed by atoms with Crippen LogP contribution in [0.15, 0.2) is 35.6 Å². The zero-order chi connectivity index (χ0) is 20.3. The Bertz CT molecular complexity index is 905. The Hall–Kier alpha value is -1.77. The molecule has 0 spiro atoms. The fourth-order valence-electron chi connectivity index (χ4n) is 3.43. The molecule has 0 radical (unpaired) electrons. The van der Waals surface area contributed by atoms with Crippen molar-refractivity contribution >= 4 is 9.84 Å². The summed E-state index contributed by atoms with van der Waals surface area (Å²) >= 11 is 0. The third-order valence-electron chi connectivity index (χ3n) is 5.29. The maximum Gasteiger partial charge on any atom is 0.228 e. The van der Waals surface area contributed by atoms with E-state index in [-0.39, 0.29) is 17.5 Å². The van der Waals surface area contributed by atoms with E-state index in [1.807, 2.05) is 7.05 Å². The summed E-state index contributed by atoms with van der Waals surface area (Å²) in [5.41, 5.74) is 1.20. The Labute approximate surface area is 166 Å². The SMILES string of the molecule is CC(C)S(=O)(=O)c1ncc(CN(C)C2CCOCC2)n1Cc1ccccc1F. The fraction of sp³-hybridized carbons (Fsp3) is 0.550. The Morgan fingerprint density at radius 2 is 1.96 bits per heavy atom. The minimum atomic E-state index is -3.59. The number of aromatic nitrogens is 2. The van der Waals surface area contributed by atoms with E-state index >= 15 is 0 Å². The molecule has 1 fully saturated rings. The van der Waals surface area contributed by atoms with Crippen LogP contribution in [0.25, 0.3) is 0 Å². The monoisotopic (exact) mass is 409 g/mol. The number of sulfone groups is 1. The molecule has 2 heterocycles. The summed E-state index contributed by atoms with van der Waals surface area (Å²) in [6, 6.07) is 6.80. The van der Waals surface area contributed by atoms with E-state index in [1.54, 1.807) is 42.8 Å². The summed E-state index contributed by atoms with van der Waals surface area (Å²) in [4.78, 5) is 6.43. The van der Waals surface area contributed by atoms with Gasteiger partial charge in [0.25, 0.3) is 0 Å². The van der Waals surface area contributed by atoms with Crippen molar-refractivity contribution in [3.63, 3.8) is 0 Å². The predicted molar refractivity (Wildman–Crippen MR) is 105 cm³/mol. The Morgan fingerprint density at radius 3 is 2.61 bits per heavy atom. The van der Waals surface area contributed by atoms with E-state index in [2.05, 4.69) is 9.88 Å². The van der Waals surface area contributed by atoms with Gasteiger partial charge in [-0.25, -0.2) is 17.8 Å². The summed E-state index contributed by atoms with van der Waals surface area (Å²) in [7, 11) is -1.57. The molecule has 0 saturated carbocycles. The Balaban J connectivity index is 1.95. The van der Waals surface area contributed by atoms with Crippen LogP contribution >= 0.6 is 0 Å². The lowest BCUT2D eigenvalue weighted by Gasteiger charge is -2.31. The summed E-state index contributed by atoms with van der Waals surface area (Å²) in [6.07, 6.45) is 3.48. The minimum Gasteiger partial charge on any atom is -0.381 e. The zero-order valence-corrected chi connectivity index (χ0v) is 17.5. The van der Waals surface area contributed by atoms with Gasteiger partial charge in [0.2, 0.25) is 15.0 Å². The molecule has 0 unspecified atom stereocenters. The first-order chi connectivity index (χ1) is 13.3. The van der Waals surface area contributed by atoms with E-state index < -0.39 is 15.1 Å². The number of hydrogen-bond donors (Lipinski definition) is 0. The van der Waals surface area contributed by atoms with Gasteiger partial charge in [0, 0.05) is 31.4 Å². The quantitative estimate of drug-likeness (QED) is 0.704. The number of nitrogens with zero attached hydrogens (tertiary/aromatic N) is 3. The standard InChI is InChI=1S/C20H28FN3O3S/c1-15(2)28(25,26)20-22-12-18(14-23(3)17-8-10-27-11-9-17)24(20)13-16-6-4-5-7-19(16)21/h4-7,12,15,17H,8-11,13-14H2,1-3H3. The van der Waals surface area contributed by atoms with Crippen molar-refractivity contribution < 1.29 is 17.5 Å². The van der Waals surface area contributed by atoms with Crippen molar-refractivity contribution in [2.24, 2.45) is 0 Å². The molecule has 28 heavy (non-hydrogen) atoms. The first-order valence-corrected chi connectivity index (χ1v) is 11.1. The largest absolute Gasteiger partial charge is 0.381 e. The molecule has 0 amide bonds.